The van der Waals surface area contributed by atoms with Crippen molar-refractivity contribution in [2.24, 2.45) is 0 Å². The number of rotatable bonds is 8. The highest BCUT2D eigenvalue weighted by molar-refractivity contribution is 7.89. The van der Waals surface area contributed by atoms with E-state index in [-0.39, 0.29) is 23.0 Å². The second kappa shape index (κ2) is 8.91. The van der Waals surface area contributed by atoms with Crippen LogP contribution >= 0.6 is 11.6 Å². The molecule has 0 unspecified atom stereocenters. The van der Waals surface area contributed by atoms with Crippen molar-refractivity contribution in [3.05, 3.63) is 65.7 Å². The summed E-state index contributed by atoms with van der Waals surface area (Å²) in [5.41, 5.74) is 0.785. The number of anilines is 3. The largest absolute Gasteiger partial charge is 0.367 e. The molecule has 11 heteroatoms. The van der Waals surface area contributed by atoms with Crippen LogP contribution in [0.4, 0.5) is 21.7 Å². The number of halogens is 2. The number of pyridine rings is 1. The predicted octanol–water partition coefficient (Wildman–Crippen LogP) is 2.80. The second-order valence-electron chi connectivity index (χ2n) is 5.57. The van der Waals surface area contributed by atoms with E-state index in [1.165, 1.54) is 0 Å². The lowest BCUT2D eigenvalue weighted by Gasteiger charge is -2.09. The van der Waals surface area contributed by atoms with Crippen molar-refractivity contribution in [1.82, 2.24) is 19.9 Å². The zero-order valence-corrected chi connectivity index (χ0v) is 16.0. The topological polar surface area (TPSA) is 109 Å². The van der Waals surface area contributed by atoms with Gasteiger partial charge in [-0.1, -0.05) is 11.6 Å². The molecule has 0 amide bonds. The SMILES string of the molecule is O=S(=O)(NCCNc1ccc(Nc2cccnc2)nn1)c1ccc(F)c(Cl)c1. The van der Waals surface area contributed by atoms with Crippen molar-refractivity contribution < 1.29 is 12.8 Å². The minimum absolute atomic E-state index is 0.0920. The summed E-state index contributed by atoms with van der Waals surface area (Å²) in [4.78, 5) is 3.89. The molecule has 3 N–H and O–H groups in total. The van der Waals surface area contributed by atoms with E-state index >= 15 is 0 Å². The van der Waals surface area contributed by atoms with Gasteiger partial charge in [-0.15, -0.1) is 10.2 Å². The molecular weight excluding hydrogens is 407 g/mol. The third-order valence-electron chi connectivity index (χ3n) is 3.52. The number of hydrogen-bond acceptors (Lipinski definition) is 7. The fourth-order valence-electron chi connectivity index (χ4n) is 2.18. The van der Waals surface area contributed by atoms with Crippen LogP contribution in [0.3, 0.4) is 0 Å². The number of nitrogens with zero attached hydrogens (tertiary/aromatic N) is 3. The summed E-state index contributed by atoms with van der Waals surface area (Å²) in [5, 5.41) is 13.8. The summed E-state index contributed by atoms with van der Waals surface area (Å²) < 4.78 is 39.9. The van der Waals surface area contributed by atoms with Gasteiger partial charge in [-0.05, 0) is 42.5 Å². The van der Waals surface area contributed by atoms with Gasteiger partial charge in [0.1, 0.15) is 11.6 Å². The van der Waals surface area contributed by atoms with Crippen LogP contribution in [0.1, 0.15) is 0 Å². The van der Waals surface area contributed by atoms with E-state index in [1.54, 1.807) is 30.6 Å². The van der Waals surface area contributed by atoms with Crippen LogP contribution in [0.25, 0.3) is 0 Å². The van der Waals surface area contributed by atoms with Gasteiger partial charge >= 0.3 is 0 Å². The number of hydrogen-bond donors (Lipinski definition) is 3. The minimum Gasteiger partial charge on any atom is -0.367 e. The van der Waals surface area contributed by atoms with Crippen molar-refractivity contribution in [3.8, 4) is 0 Å². The third-order valence-corrected chi connectivity index (χ3v) is 5.27. The molecular formula is C17H16ClFN6O2S. The third kappa shape index (κ3) is 5.35. The molecule has 2 heterocycles. The van der Waals surface area contributed by atoms with Crippen molar-refractivity contribution >= 4 is 38.9 Å². The highest BCUT2D eigenvalue weighted by Crippen LogP contribution is 2.19. The Morgan fingerprint density at radius 1 is 1.04 bits per heavy atom. The van der Waals surface area contributed by atoms with Gasteiger partial charge in [0, 0.05) is 19.3 Å². The number of sulfonamides is 1. The Bertz CT molecular complexity index is 1040. The fourth-order valence-corrected chi connectivity index (χ4v) is 3.48. The quantitative estimate of drug-likeness (QED) is 0.479. The molecule has 0 aliphatic rings. The summed E-state index contributed by atoms with van der Waals surface area (Å²) >= 11 is 5.62. The zero-order chi connectivity index (χ0) is 20.0. The summed E-state index contributed by atoms with van der Waals surface area (Å²) in [6, 6.07) is 10.3. The summed E-state index contributed by atoms with van der Waals surface area (Å²) in [7, 11) is -3.79. The standard InChI is InChI=1S/C17H16ClFN6O2S/c18-14-10-13(3-4-15(14)19)28(26,27)22-9-8-21-16-5-6-17(25-24-16)23-12-2-1-7-20-11-12/h1-7,10-11,22H,8-9H2,(H,21,24)(H,23,25). The Hall–Kier alpha value is -2.82. The van der Waals surface area contributed by atoms with E-state index in [1.807, 2.05) is 6.07 Å². The summed E-state index contributed by atoms with van der Waals surface area (Å²) in [6.45, 7) is 0.368. The first-order chi connectivity index (χ1) is 13.4. The van der Waals surface area contributed by atoms with E-state index in [9.17, 15) is 12.8 Å². The zero-order valence-electron chi connectivity index (χ0n) is 14.4. The molecule has 0 saturated carbocycles. The van der Waals surface area contributed by atoms with Gasteiger partial charge in [-0.3, -0.25) is 4.98 Å². The van der Waals surface area contributed by atoms with Crippen LogP contribution in [0, 0.1) is 5.82 Å². The van der Waals surface area contributed by atoms with Gasteiger partial charge in [0.2, 0.25) is 10.0 Å². The Morgan fingerprint density at radius 2 is 1.82 bits per heavy atom. The fraction of sp³-hybridized carbons (Fsp3) is 0.118. The Kier molecular flexibility index (Phi) is 6.34. The van der Waals surface area contributed by atoms with E-state index in [0.29, 0.717) is 11.6 Å². The van der Waals surface area contributed by atoms with Crippen LogP contribution in [0.2, 0.25) is 5.02 Å². The number of aromatic nitrogens is 3. The van der Waals surface area contributed by atoms with Gasteiger partial charge in [0.15, 0.2) is 5.82 Å². The molecule has 3 rings (SSSR count). The molecule has 1 aromatic carbocycles. The maximum absolute atomic E-state index is 13.2. The Balaban J connectivity index is 1.49. The molecule has 0 saturated heterocycles. The number of benzene rings is 1. The molecule has 3 aromatic rings. The molecule has 0 bridgehead atoms. The normalized spacial score (nSPS) is 11.2. The molecule has 2 aromatic heterocycles. The van der Waals surface area contributed by atoms with Crippen molar-refractivity contribution in [2.75, 3.05) is 23.7 Å². The monoisotopic (exact) mass is 422 g/mol. The first kappa shape index (κ1) is 19.9. The molecule has 0 atom stereocenters. The lowest BCUT2D eigenvalue weighted by Crippen LogP contribution is -2.29. The van der Waals surface area contributed by atoms with E-state index in [4.69, 9.17) is 11.6 Å². The lowest BCUT2D eigenvalue weighted by molar-refractivity contribution is 0.582. The maximum Gasteiger partial charge on any atom is 0.240 e. The van der Waals surface area contributed by atoms with E-state index < -0.39 is 15.8 Å². The molecule has 0 aliphatic heterocycles. The molecule has 0 aliphatic carbocycles. The van der Waals surface area contributed by atoms with Gasteiger partial charge in [-0.2, -0.15) is 0 Å². The smallest absolute Gasteiger partial charge is 0.240 e. The highest BCUT2D eigenvalue weighted by Gasteiger charge is 2.15. The molecule has 146 valence electrons. The van der Waals surface area contributed by atoms with Gasteiger partial charge in [0.05, 0.1) is 21.8 Å². The number of nitrogens with one attached hydrogen (secondary N) is 3. The predicted molar refractivity (Wildman–Crippen MR) is 105 cm³/mol. The van der Waals surface area contributed by atoms with Crippen molar-refractivity contribution in [1.29, 1.82) is 0 Å². The van der Waals surface area contributed by atoms with Crippen LogP contribution in [-0.2, 0) is 10.0 Å². The van der Waals surface area contributed by atoms with Crippen LogP contribution in [0.15, 0.2) is 59.8 Å². The van der Waals surface area contributed by atoms with Crippen LogP contribution in [-0.4, -0.2) is 36.7 Å². The van der Waals surface area contributed by atoms with E-state index in [0.717, 1.165) is 23.9 Å². The lowest BCUT2D eigenvalue weighted by atomic mass is 10.3. The average Bonchev–Trinajstić information content (AvgIpc) is 2.69. The highest BCUT2D eigenvalue weighted by atomic mass is 35.5. The Labute approximate surface area is 166 Å². The van der Waals surface area contributed by atoms with Gasteiger partial charge in [0.25, 0.3) is 0 Å². The first-order valence-electron chi connectivity index (χ1n) is 8.13. The van der Waals surface area contributed by atoms with Crippen LogP contribution in [0.5, 0.6) is 0 Å². The molecule has 8 nitrogen and oxygen atoms in total. The van der Waals surface area contributed by atoms with Crippen molar-refractivity contribution in [3.63, 3.8) is 0 Å². The summed E-state index contributed by atoms with van der Waals surface area (Å²) in [6.07, 6.45) is 3.33. The van der Waals surface area contributed by atoms with Crippen LogP contribution < -0.4 is 15.4 Å². The van der Waals surface area contributed by atoms with Gasteiger partial charge < -0.3 is 10.6 Å². The molecule has 0 radical (unpaired) electrons. The molecule has 28 heavy (non-hydrogen) atoms. The second-order valence-corrected chi connectivity index (χ2v) is 7.75. The first-order valence-corrected chi connectivity index (χ1v) is 9.99. The minimum atomic E-state index is -3.79. The van der Waals surface area contributed by atoms with Crippen molar-refractivity contribution in [2.45, 2.75) is 4.90 Å². The summed E-state index contributed by atoms with van der Waals surface area (Å²) in [5.74, 6) is 0.357. The molecule has 0 spiro atoms. The van der Waals surface area contributed by atoms with E-state index in [2.05, 4.69) is 30.5 Å². The average molecular weight is 423 g/mol. The Morgan fingerprint density at radius 3 is 2.50 bits per heavy atom. The van der Waals surface area contributed by atoms with Gasteiger partial charge in [-0.25, -0.2) is 17.5 Å². The molecule has 0 fully saturated rings. The maximum atomic E-state index is 13.2.